The second kappa shape index (κ2) is 5.15. The van der Waals surface area contributed by atoms with E-state index in [1.165, 1.54) is 11.6 Å². The molecule has 2 aromatic rings. The Balaban J connectivity index is 2.81. The van der Waals surface area contributed by atoms with E-state index in [1.54, 1.807) is 7.05 Å². The van der Waals surface area contributed by atoms with Gasteiger partial charge in [-0.2, -0.15) is 4.98 Å². The Hall–Kier alpha value is -2.05. The fraction of sp³-hybridized carbons (Fsp3) is 0.615. The summed E-state index contributed by atoms with van der Waals surface area (Å²) < 4.78 is 4.34. The van der Waals surface area contributed by atoms with Crippen molar-refractivity contribution in [3.05, 3.63) is 20.8 Å². The lowest BCUT2D eigenvalue weighted by Crippen LogP contribution is -2.37. The van der Waals surface area contributed by atoms with E-state index in [0.29, 0.717) is 23.7 Å². The first-order valence-electron chi connectivity index (χ1n) is 6.85. The minimum Gasteiger partial charge on any atom is -0.353 e. The highest BCUT2D eigenvalue weighted by Gasteiger charge is 2.18. The highest BCUT2D eigenvalue weighted by molar-refractivity contribution is 5.74. The summed E-state index contributed by atoms with van der Waals surface area (Å²) in [5, 5.41) is 3.28. The van der Waals surface area contributed by atoms with Crippen LogP contribution in [0.1, 0.15) is 27.2 Å². The molecule has 0 amide bonds. The topological polar surface area (TPSA) is 73.8 Å². The number of hydrogen-bond acceptors (Lipinski definition) is 4. The molecule has 0 saturated heterocycles. The highest BCUT2D eigenvalue weighted by Crippen LogP contribution is 2.16. The maximum absolute atomic E-state index is 12.3. The van der Waals surface area contributed by atoms with Crippen molar-refractivity contribution in [2.75, 3.05) is 5.32 Å². The van der Waals surface area contributed by atoms with Crippen LogP contribution in [0.15, 0.2) is 9.59 Å². The van der Waals surface area contributed by atoms with Crippen molar-refractivity contribution < 1.29 is 0 Å². The van der Waals surface area contributed by atoms with E-state index in [1.807, 2.05) is 11.5 Å². The number of aromatic nitrogens is 4. The number of rotatable bonds is 4. The lowest BCUT2D eigenvalue weighted by Gasteiger charge is -2.13. The first kappa shape index (κ1) is 14.4. The zero-order chi connectivity index (χ0) is 15.0. The van der Waals surface area contributed by atoms with Crippen LogP contribution in [-0.4, -0.2) is 24.7 Å². The fourth-order valence-corrected chi connectivity index (χ4v) is 2.19. The SMILES string of the molecule is CCC(C)Nc1nc2c(c(=O)n(C)c(=O)n2C)n1CC. The Morgan fingerprint density at radius 1 is 1.20 bits per heavy atom. The molecule has 1 unspecified atom stereocenters. The van der Waals surface area contributed by atoms with E-state index in [4.69, 9.17) is 0 Å². The van der Waals surface area contributed by atoms with Crippen molar-refractivity contribution in [2.45, 2.75) is 39.8 Å². The molecule has 0 fully saturated rings. The molecule has 0 radical (unpaired) electrons. The second-order valence-corrected chi connectivity index (χ2v) is 5.01. The van der Waals surface area contributed by atoms with Gasteiger partial charge in [-0.05, 0) is 20.3 Å². The molecule has 2 rings (SSSR count). The number of nitrogens with one attached hydrogen (secondary N) is 1. The molecule has 2 heterocycles. The standard InChI is InChI=1S/C13H21N5O2/c1-6-8(3)14-12-15-10-9(18(12)7-2)11(19)17(5)13(20)16(10)4/h8H,6-7H2,1-5H3,(H,14,15). The van der Waals surface area contributed by atoms with Crippen LogP contribution in [0.2, 0.25) is 0 Å². The van der Waals surface area contributed by atoms with E-state index in [2.05, 4.69) is 24.1 Å². The van der Waals surface area contributed by atoms with Crippen LogP contribution in [0.3, 0.4) is 0 Å². The Morgan fingerprint density at radius 3 is 2.40 bits per heavy atom. The number of hydrogen-bond donors (Lipinski definition) is 1. The average molecular weight is 279 g/mol. The van der Waals surface area contributed by atoms with Gasteiger partial charge in [-0.3, -0.25) is 13.9 Å². The number of imidazole rings is 1. The van der Waals surface area contributed by atoms with Crippen molar-refractivity contribution in [2.24, 2.45) is 14.1 Å². The van der Waals surface area contributed by atoms with Crippen LogP contribution in [-0.2, 0) is 20.6 Å². The molecular weight excluding hydrogens is 258 g/mol. The minimum atomic E-state index is -0.363. The third-order valence-corrected chi connectivity index (χ3v) is 3.65. The van der Waals surface area contributed by atoms with Crippen LogP contribution in [0.25, 0.3) is 11.2 Å². The number of aryl methyl sites for hydroxylation is 2. The van der Waals surface area contributed by atoms with E-state index >= 15 is 0 Å². The molecule has 1 N–H and O–H groups in total. The molecule has 2 aromatic heterocycles. The first-order valence-corrected chi connectivity index (χ1v) is 6.85. The number of fused-ring (bicyclic) bond motifs is 1. The van der Waals surface area contributed by atoms with Gasteiger partial charge < -0.3 is 9.88 Å². The second-order valence-electron chi connectivity index (χ2n) is 5.01. The molecule has 0 bridgehead atoms. The van der Waals surface area contributed by atoms with Gasteiger partial charge in [0, 0.05) is 26.7 Å². The average Bonchev–Trinajstić information content (AvgIpc) is 2.80. The summed E-state index contributed by atoms with van der Waals surface area (Å²) in [7, 11) is 3.11. The molecule has 0 aliphatic heterocycles. The summed E-state index contributed by atoms with van der Waals surface area (Å²) in [5.74, 6) is 0.634. The summed E-state index contributed by atoms with van der Waals surface area (Å²) >= 11 is 0. The molecule has 20 heavy (non-hydrogen) atoms. The van der Waals surface area contributed by atoms with Gasteiger partial charge >= 0.3 is 5.69 Å². The van der Waals surface area contributed by atoms with Gasteiger partial charge in [0.15, 0.2) is 11.2 Å². The van der Waals surface area contributed by atoms with E-state index in [0.717, 1.165) is 11.0 Å². The van der Waals surface area contributed by atoms with Crippen LogP contribution in [0.4, 0.5) is 5.95 Å². The molecule has 0 aliphatic rings. The smallest absolute Gasteiger partial charge is 0.332 e. The molecule has 0 aliphatic carbocycles. The van der Waals surface area contributed by atoms with Crippen molar-refractivity contribution in [3.63, 3.8) is 0 Å². The fourth-order valence-electron chi connectivity index (χ4n) is 2.19. The Labute approximate surface area is 116 Å². The van der Waals surface area contributed by atoms with Gasteiger partial charge in [-0.1, -0.05) is 6.92 Å². The van der Waals surface area contributed by atoms with E-state index < -0.39 is 0 Å². The number of nitrogens with zero attached hydrogens (tertiary/aromatic N) is 4. The molecule has 7 nitrogen and oxygen atoms in total. The Kier molecular flexibility index (Phi) is 3.69. The molecule has 7 heteroatoms. The zero-order valence-electron chi connectivity index (χ0n) is 12.6. The van der Waals surface area contributed by atoms with Crippen LogP contribution in [0.5, 0.6) is 0 Å². The Bertz CT molecular complexity index is 753. The predicted octanol–water partition coefficient (Wildman–Crippen LogP) is 0.664. The largest absolute Gasteiger partial charge is 0.353 e. The van der Waals surface area contributed by atoms with E-state index in [-0.39, 0.29) is 17.3 Å². The van der Waals surface area contributed by atoms with Gasteiger partial charge in [0.1, 0.15) is 0 Å². The minimum absolute atomic E-state index is 0.248. The summed E-state index contributed by atoms with van der Waals surface area (Å²) in [6.07, 6.45) is 0.948. The summed E-state index contributed by atoms with van der Waals surface area (Å²) in [6, 6.07) is 0.248. The van der Waals surface area contributed by atoms with Gasteiger partial charge in [0.05, 0.1) is 0 Å². The van der Waals surface area contributed by atoms with E-state index in [9.17, 15) is 9.59 Å². The molecule has 0 spiro atoms. The zero-order valence-corrected chi connectivity index (χ0v) is 12.6. The third-order valence-electron chi connectivity index (χ3n) is 3.65. The Morgan fingerprint density at radius 2 is 1.85 bits per heavy atom. The van der Waals surface area contributed by atoms with Crippen molar-refractivity contribution in [3.8, 4) is 0 Å². The molecule has 0 saturated carbocycles. The van der Waals surface area contributed by atoms with Crippen molar-refractivity contribution >= 4 is 17.1 Å². The molecule has 110 valence electrons. The summed E-state index contributed by atoms with van der Waals surface area (Å²) in [5.41, 5.74) is 0.210. The monoisotopic (exact) mass is 279 g/mol. The maximum Gasteiger partial charge on any atom is 0.332 e. The van der Waals surface area contributed by atoms with Crippen molar-refractivity contribution in [1.82, 2.24) is 18.7 Å². The van der Waals surface area contributed by atoms with Gasteiger partial charge in [-0.15, -0.1) is 0 Å². The lowest BCUT2D eigenvalue weighted by atomic mass is 10.3. The maximum atomic E-state index is 12.3. The van der Waals surface area contributed by atoms with Crippen LogP contribution < -0.4 is 16.6 Å². The first-order chi connectivity index (χ1) is 9.42. The quantitative estimate of drug-likeness (QED) is 0.892. The van der Waals surface area contributed by atoms with Crippen molar-refractivity contribution in [1.29, 1.82) is 0 Å². The normalized spacial score (nSPS) is 12.8. The number of anilines is 1. The van der Waals surface area contributed by atoms with Crippen LogP contribution in [0, 0.1) is 0 Å². The molecule has 0 aromatic carbocycles. The van der Waals surface area contributed by atoms with Gasteiger partial charge in [-0.25, -0.2) is 4.79 Å². The summed E-state index contributed by atoms with van der Waals surface area (Å²) in [6.45, 7) is 6.69. The molecular formula is C13H21N5O2. The van der Waals surface area contributed by atoms with Gasteiger partial charge in [0.25, 0.3) is 5.56 Å². The van der Waals surface area contributed by atoms with Gasteiger partial charge in [0.2, 0.25) is 5.95 Å². The predicted molar refractivity (Wildman–Crippen MR) is 79.3 cm³/mol. The van der Waals surface area contributed by atoms with Crippen LogP contribution >= 0.6 is 0 Å². The highest BCUT2D eigenvalue weighted by atomic mass is 16.2. The summed E-state index contributed by atoms with van der Waals surface area (Å²) in [4.78, 5) is 28.7. The molecule has 1 atom stereocenters. The lowest BCUT2D eigenvalue weighted by molar-refractivity contribution is 0.697. The third kappa shape index (κ3) is 2.03.